The van der Waals surface area contributed by atoms with Gasteiger partial charge in [0.25, 0.3) is 0 Å². The Hall–Kier alpha value is -2.04. The molecule has 86 valence electrons. The van der Waals surface area contributed by atoms with Crippen molar-refractivity contribution in [3.63, 3.8) is 0 Å². The van der Waals surface area contributed by atoms with E-state index in [2.05, 4.69) is 4.74 Å². The van der Waals surface area contributed by atoms with Gasteiger partial charge in [0.2, 0.25) is 0 Å². The molecule has 5 nitrogen and oxygen atoms in total. The van der Waals surface area contributed by atoms with E-state index < -0.39 is 18.2 Å². The Morgan fingerprint density at radius 3 is 2.50 bits per heavy atom. The number of carbonyl (C=O) groups is 2. The van der Waals surface area contributed by atoms with Crippen molar-refractivity contribution in [3.05, 3.63) is 35.4 Å². The third-order valence-electron chi connectivity index (χ3n) is 2.10. The van der Waals surface area contributed by atoms with Gasteiger partial charge in [0.15, 0.2) is 0 Å². The zero-order valence-corrected chi connectivity index (χ0v) is 9.10. The topological polar surface area (TPSA) is 78.6 Å². The van der Waals surface area contributed by atoms with Gasteiger partial charge in [0.1, 0.15) is 6.10 Å². The SMILES string of the molecule is COC(=O)c1ccccc1C(C)OC(N)=O. The minimum Gasteiger partial charge on any atom is -0.465 e. The summed E-state index contributed by atoms with van der Waals surface area (Å²) in [6.45, 7) is 1.63. The summed E-state index contributed by atoms with van der Waals surface area (Å²) >= 11 is 0. The fraction of sp³-hybridized carbons (Fsp3) is 0.273. The molecule has 1 atom stereocenters. The number of ether oxygens (including phenoxy) is 2. The van der Waals surface area contributed by atoms with Crippen LogP contribution in [0.5, 0.6) is 0 Å². The summed E-state index contributed by atoms with van der Waals surface area (Å²) in [4.78, 5) is 22.0. The van der Waals surface area contributed by atoms with Crippen LogP contribution in [0.4, 0.5) is 4.79 Å². The first kappa shape index (κ1) is 12.0. The highest BCUT2D eigenvalue weighted by Gasteiger charge is 2.17. The van der Waals surface area contributed by atoms with Crippen LogP contribution < -0.4 is 5.73 Å². The molecule has 1 rings (SSSR count). The molecule has 0 radical (unpaired) electrons. The molecule has 0 saturated heterocycles. The lowest BCUT2D eigenvalue weighted by Gasteiger charge is -2.14. The van der Waals surface area contributed by atoms with Crippen molar-refractivity contribution in [3.8, 4) is 0 Å². The van der Waals surface area contributed by atoms with E-state index in [0.717, 1.165) is 0 Å². The molecule has 0 bridgehead atoms. The summed E-state index contributed by atoms with van der Waals surface area (Å²) in [5, 5.41) is 0. The van der Waals surface area contributed by atoms with Gasteiger partial charge in [0.05, 0.1) is 12.7 Å². The van der Waals surface area contributed by atoms with Crippen molar-refractivity contribution in [2.24, 2.45) is 5.73 Å². The standard InChI is InChI=1S/C11H13NO4/c1-7(16-11(12)14)8-5-3-4-6-9(8)10(13)15-2/h3-7H,1-2H3,(H2,12,14). The second kappa shape index (κ2) is 5.16. The highest BCUT2D eigenvalue weighted by Crippen LogP contribution is 2.21. The number of hydrogen-bond acceptors (Lipinski definition) is 4. The number of nitrogens with two attached hydrogens (primary N) is 1. The minimum atomic E-state index is -0.882. The van der Waals surface area contributed by atoms with Crippen molar-refractivity contribution < 1.29 is 19.1 Å². The molecular formula is C11H13NO4. The van der Waals surface area contributed by atoms with Gasteiger partial charge in [-0.2, -0.15) is 0 Å². The monoisotopic (exact) mass is 223 g/mol. The molecule has 16 heavy (non-hydrogen) atoms. The minimum absolute atomic E-state index is 0.360. The molecule has 0 aliphatic heterocycles. The quantitative estimate of drug-likeness (QED) is 0.790. The molecule has 0 aromatic heterocycles. The first-order chi connectivity index (χ1) is 7.56. The Balaban J connectivity index is 3.03. The van der Waals surface area contributed by atoms with E-state index in [1.165, 1.54) is 7.11 Å². The maximum Gasteiger partial charge on any atom is 0.405 e. The van der Waals surface area contributed by atoms with E-state index in [0.29, 0.717) is 11.1 Å². The van der Waals surface area contributed by atoms with Crippen molar-refractivity contribution in [1.29, 1.82) is 0 Å². The van der Waals surface area contributed by atoms with Crippen LogP contribution in [-0.2, 0) is 9.47 Å². The van der Waals surface area contributed by atoms with E-state index in [9.17, 15) is 9.59 Å². The third kappa shape index (κ3) is 2.73. The number of methoxy groups -OCH3 is 1. The van der Waals surface area contributed by atoms with Crippen LogP contribution in [0.2, 0.25) is 0 Å². The Bertz CT molecular complexity index is 403. The van der Waals surface area contributed by atoms with Crippen LogP contribution in [0.3, 0.4) is 0 Å². The Kier molecular flexibility index (Phi) is 3.88. The van der Waals surface area contributed by atoms with Crippen LogP contribution in [0.1, 0.15) is 28.9 Å². The predicted octanol–water partition coefficient (Wildman–Crippen LogP) is 1.63. The maximum atomic E-state index is 11.4. The van der Waals surface area contributed by atoms with E-state index in [1.807, 2.05) is 0 Å². The van der Waals surface area contributed by atoms with E-state index in [1.54, 1.807) is 31.2 Å². The average Bonchev–Trinajstić information content (AvgIpc) is 2.27. The van der Waals surface area contributed by atoms with Crippen LogP contribution in [0, 0.1) is 0 Å². The van der Waals surface area contributed by atoms with Crippen LogP contribution >= 0.6 is 0 Å². The fourth-order valence-corrected chi connectivity index (χ4v) is 1.39. The second-order valence-electron chi connectivity index (χ2n) is 3.16. The Morgan fingerprint density at radius 2 is 1.94 bits per heavy atom. The molecule has 0 aliphatic rings. The summed E-state index contributed by atoms with van der Waals surface area (Å²) in [5.41, 5.74) is 5.84. The molecule has 1 aromatic rings. The molecule has 0 saturated carbocycles. The number of esters is 1. The van der Waals surface area contributed by atoms with Gasteiger partial charge in [-0.15, -0.1) is 0 Å². The highest BCUT2D eigenvalue weighted by atomic mass is 16.6. The lowest BCUT2D eigenvalue weighted by Crippen LogP contribution is -2.17. The van der Waals surface area contributed by atoms with E-state index in [4.69, 9.17) is 10.5 Å². The lowest BCUT2D eigenvalue weighted by molar-refractivity contribution is 0.0590. The largest absolute Gasteiger partial charge is 0.465 e. The van der Waals surface area contributed by atoms with Gasteiger partial charge in [-0.05, 0) is 13.0 Å². The Labute approximate surface area is 93.1 Å². The summed E-state index contributed by atoms with van der Waals surface area (Å²) < 4.78 is 9.42. The molecule has 0 spiro atoms. The van der Waals surface area contributed by atoms with Crippen molar-refractivity contribution in [2.45, 2.75) is 13.0 Å². The van der Waals surface area contributed by atoms with Gasteiger partial charge < -0.3 is 15.2 Å². The number of benzene rings is 1. The summed E-state index contributed by atoms with van der Waals surface area (Å²) in [6.07, 6.45) is -1.47. The number of primary amides is 1. The van der Waals surface area contributed by atoms with E-state index >= 15 is 0 Å². The zero-order chi connectivity index (χ0) is 12.1. The molecule has 2 N–H and O–H groups in total. The predicted molar refractivity (Wildman–Crippen MR) is 56.9 cm³/mol. The molecule has 5 heteroatoms. The number of rotatable bonds is 3. The molecular weight excluding hydrogens is 210 g/mol. The zero-order valence-electron chi connectivity index (χ0n) is 9.10. The first-order valence-corrected chi connectivity index (χ1v) is 4.69. The van der Waals surface area contributed by atoms with Gasteiger partial charge >= 0.3 is 12.1 Å². The van der Waals surface area contributed by atoms with E-state index in [-0.39, 0.29) is 0 Å². The van der Waals surface area contributed by atoms with Crippen LogP contribution in [0.25, 0.3) is 0 Å². The summed E-state index contributed by atoms with van der Waals surface area (Å²) in [7, 11) is 1.29. The summed E-state index contributed by atoms with van der Waals surface area (Å²) in [6, 6.07) is 6.72. The van der Waals surface area contributed by atoms with Crippen molar-refractivity contribution in [1.82, 2.24) is 0 Å². The number of amides is 1. The maximum absolute atomic E-state index is 11.4. The fourth-order valence-electron chi connectivity index (χ4n) is 1.39. The smallest absolute Gasteiger partial charge is 0.405 e. The van der Waals surface area contributed by atoms with Gasteiger partial charge in [-0.3, -0.25) is 0 Å². The average molecular weight is 223 g/mol. The summed E-state index contributed by atoms with van der Waals surface area (Å²) in [5.74, 6) is -0.476. The molecule has 0 fully saturated rings. The normalized spacial score (nSPS) is 11.6. The van der Waals surface area contributed by atoms with Crippen LogP contribution in [-0.4, -0.2) is 19.2 Å². The van der Waals surface area contributed by atoms with Crippen molar-refractivity contribution >= 4 is 12.1 Å². The van der Waals surface area contributed by atoms with Gasteiger partial charge in [0, 0.05) is 5.56 Å². The molecule has 0 aliphatic carbocycles. The van der Waals surface area contributed by atoms with Gasteiger partial charge in [-0.1, -0.05) is 18.2 Å². The Morgan fingerprint density at radius 1 is 1.31 bits per heavy atom. The third-order valence-corrected chi connectivity index (χ3v) is 2.10. The highest BCUT2D eigenvalue weighted by molar-refractivity contribution is 5.91. The molecule has 0 heterocycles. The second-order valence-corrected chi connectivity index (χ2v) is 3.16. The lowest BCUT2D eigenvalue weighted by atomic mass is 10.0. The van der Waals surface area contributed by atoms with Gasteiger partial charge in [-0.25, -0.2) is 9.59 Å². The molecule has 1 aromatic carbocycles. The number of carbonyl (C=O) groups excluding carboxylic acids is 2. The molecule has 1 amide bonds. The molecule has 1 unspecified atom stereocenters. The number of hydrogen-bond donors (Lipinski definition) is 1. The first-order valence-electron chi connectivity index (χ1n) is 4.69. The van der Waals surface area contributed by atoms with Crippen molar-refractivity contribution in [2.75, 3.05) is 7.11 Å². The van der Waals surface area contributed by atoms with Crippen LogP contribution in [0.15, 0.2) is 24.3 Å².